The number of benzene rings is 1. The van der Waals surface area contributed by atoms with Crippen LogP contribution in [0.5, 0.6) is 0 Å². The van der Waals surface area contributed by atoms with Crippen LogP contribution < -0.4 is 5.31 Å². The molecule has 1 aromatic carbocycles. The Morgan fingerprint density at radius 1 is 1.23 bits per heavy atom. The average Bonchev–Trinajstić information content (AvgIpc) is 3.30. The highest BCUT2D eigenvalue weighted by Gasteiger charge is 2.36. The molecule has 1 heterocycles. The summed E-state index contributed by atoms with van der Waals surface area (Å²) in [5.74, 6) is -6.34. The number of ether oxygens (including phenoxy) is 1. The number of carboxylic acid groups (broad SMARTS) is 3. The maximum absolute atomic E-state index is 13.2. The van der Waals surface area contributed by atoms with Crippen LogP contribution >= 0.6 is 0 Å². The van der Waals surface area contributed by atoms with Crippen molar-refractivity contribution in [1.82, 2.24) is 10.2 Å². The van der Waals surface area contributed by atoms with Gasteiger partial charge >= 0.3 is 23.9 Å². The van der Waals surface area contributed by atoms with Crippen LogP contribution in [0.15, 0.2) is 42.5 Å². The summed E-state index contributed by atoms with van der Waals surface area (Å²) in [6, 6.07) is 2.25. The highest BCUT2D eigenvalue weighted by Crippen LogP contribution is 2.19. The minimum Gasteiger partial charge on any atom is -0.480 e. The van der Waals surface area contributed by atoms with E-state index in [0.29, 0.717) is 23.5 Å². The normalized spacial score (nSPS) is 21.9. The van der Waals surface area contributed by atoms with Gasteiger partial charge in [0.25, 0.3) is 0 Å². The molecule has 1 aliphatic rings. The molecule has 1 unspecified atom stereocenters. The molecule has 35 heavy (non-hydrogen) atoms. The van der Waals surface area contributed by atoms with Gasteiger partial charge in [-0.15, -0.1) is 0 Å². The molecule has 4 N–H and O–H groups in total. The van der Waals surface area contributed by atoms with Gasteiger partial charge in [-0.1, -0.05) is 30.3 Å². The predicted molar refractivity (Wildman–Crippen MR) is 125 cm³/mol. The lowest BCUT2D eigenvalue weighted by Crippen LogP contribution is -2.53. The maximum atomic E-state index is 13.2. The molecule has 0 bridgehead atoms. The molecule has 1 aliphatic heterocycles. The maximum Gasteiger partial charge on any atom is 0.328 e. The summed E-state index contributed by atoms with van der Waals surface area (Å²) in [6.07, 6.45) is 1.39. The number of nitrogens with zero attached hydrogens (tertiary/aromatic N) is 1. The second-order valence-electron chi connectivity index (χ2n) is 7.13. The van der Waals surface area contributed by atoms with Crippen molar-refractivity contribution in [2.24, 2.45) is 0 Å². The van der Waals surface area contributed by atoms with Crippen LogP contribution in [0.2, 0.25) is 1.41 Å². The summed E-state index contributed by atoms with van der Waals surface area (Å²) in [4.78, 5) is 57.2. The van der Waals surface area contributed by atoms with Crippen LogP contribution in [-0.4, -0.2) is 81.2 Å². The first-order valence-corrected chi connectivity index (χ1v) is 10.7. The minimum absolute atomic E-state index is 0.0143. The lowest BCUT2D eigenvalue weighted by Gasteiger charge is -2.27. The molecule has 192 valence electrons. The monoisotopic (exact) mass is 497 g/mol. The van der Waals surface area contributed by atoms with Gasteiger partial charge in [-0.2, -0.15) is 0 Å². The van der Waals surface area contributed by atoms with Gasteiger partial charge in [0, 0.05) is 21.4 Å². The van der Waals surface area contributed by atoms with E-state index in [1.165, 1.54) is 0 Å². The Bertz CT molecular complexity index is 1080. The van der Waals surface area contributed by atoms with Crippen LogP contribution in [0.3, 0.4) is 0 Å². The fourth-order valence-corrected chi connectivity index (χ4v) is 3.05. The van der Waals surface area contributed by atoms with Crippen LogP contribution in [0.25, 0.3) is 0 Å². The Hall–Kier alpha value is -3.73. The smallest absolute Gasteiger partial charge is 0.328 e. The van der Waals surface area contributed by atoms with E-state index in [0.717, 1.165) is 5.56 Å². The van der Waals surface area contributed by atoms with Gasteiger partial charge in [0.1, 0.15) is 13.5 Å². The summed E-state index contributed by atoms with van der Waals surface area (Å²) >= 11 is 0. The van der Waals surface area contributed by atoms with Crippen LogP contribution in [0, 0.1) is 0 Å². The molecule has 0 saturated carbocycles. The summed E-state index contributed by atoms with van der Waals surface area (Å²) in [5.41, 5.74) is 0.834. The fraction of sp³-hybridized carbons (Fsp3) is 0.458. The van der Waals surface area contributed by atoms with Gasteiger partial charge in [0.2, 0.25) is 5.91 Å². The van der Waals surface area contributed by atoms with Gasteiger partial charge in [-0.3, -0.25) is 14.9 Å². The number of amides is 1. The molecule has 0 aliphatic carbocycles. The number of nitrogens with one attached hydrogen (secondary N) is 1. The van der Waals surface area contributed by atoms with E-state index in [1.807, 2.05) is 6.07 Å². The van der Waals surface area contributed by atoms with E-state index in [-0.39, 0.29) is 37.7 Å². The second-order valence-corrected chi connectivity index (χ2v) is 7.13. The topological polar surface area (TPSA) is 171 Å². The Balaban J connectivity index is 0.000000869. The van der Waals surface area contributed by atoms with Gasteiger partial charge < -0.3 is 25.0 Å². The molecule has 1 amide bonds. The molecule has 1 fully saturated rings. The Labute approximate surface area is 210 Å². The molecule has 11 nitrogen and oxygen atoms in total. The summed E-state index contributed by atoms with van der Waals surface area (Å²) in [7, 11) is 0. The standard InChI is InChI=1S/C20H28N2O5.C4H4O4/c1-3-27-20(26)16(12-11-15-8-5-4-6-9-15)21-14(2)18(23)22-13-7-10-17(22)19(24)25;5-3(6)1-2-4(7)8/h4-6,8-9,14,16-17,21H,3,7,10-13H2,1-2H3,(H,24,25);1-2H,(H,5,6)(H,7,8)/b;2-1-/t14?,16-,17-;/m0./s1/i2D2,14D,17D;/hD. The molecule has 1 saturated heterocycles. The fourth-order valence-electron chi connectivity index (χ4n) is 3.05. The van der Waals surface area contributed by atoms with Crippen LogP contribution in [0.1, 0.15) is 44.1 Å². The van der Waals surface area contributed by atoms with E-state index in [2.05, 4.69) is 0 Å². The number of rotatable bonds is 11. The summed E-state index contributed by atoms with van der Waals surface area (Å²) in [6.45, 7) is -0.883. The number of carbonyl (C=O) groups is 5. The average molecular weight is 498 g/mol. The molecular weight excluding hydrogens is 460 g/mol. The Kier molecular flexibility index (Phi) is 9.47. The first-order chi connectivity index (χ1) is 18.6. The van der Waals surface area contributed by atoms with E-state index in [9.17, 15) is 29.1 Å². The van der Waals surface area contributed by atoms with Gasteiger partial charge in [0.15, 0.2) is 0 Å². The lowest BCUT2D eigenvalue weighted by atomic mass is 10.0. The number of esters is 1. The second kappa shape index (κ2) is 15.2. The zero-order valence-corrected chi connectivity index (χ0v) is 19.1. The molecular formula is C24H32N2O9. The van der Waals surface area contributed by atoms with Crippen LogP contribution in [0.4, 0.5) is 0 Å². The number of aryl methyl sites for hydroxylation is 1. The highest BCUT2D eigenvalue weighted by molar-refractivity contribution is 5.89. The van der Waals surface area contributed by atoms with Crippen molar-refractivity contribution in [1.29, 1.82) is 0 Å². The third-order valence-electron chi connectivity index (χ3n) is 4.60. The van der Waals surface area contributed by atoms with E-state index >= 15 is 0 Å². The molecule has 0 spiro atoms. The van der Waals surface area contributed by atoms with Crippen molar-refractivity contribution in [2.75, 3.05) is 13.2 Å². The van der Waals surface area contributed by atoms with Crippen molar-refractivity contribution in [3.05, 3.63) is 48.0 Å². The number of hydrogen-bond donors (Lipinski definition) is 4. The first-order valence-electron chi connectivity index (χ1n) is 13.3. The summed E-state index contributed by atoms with van der Waals surface area (Å²) in [5, 5.41) is 25.3. The van der Waals surface area contributed by atoms with Crippen molar-refractivity contribution in [2.45, 2.75) is 57.6 Å². The lowest BCUT2D eigenvalue weighted by molar-refractivity contribution is -0.150. The van der Waals surface area contributed by atoms with E-state index < -0.39 is 54.7 Å². The summed E-state index contributed by atoms with van der Waals surface area (Å²) < 4.78 is 45.9. The SMILES string of the molecule is O=C(O)/C=C\C(=O)O.[2H]C([2H])C([2H])(C(=O)N1CCC[C@@]1([2H])C(=O)O)N([2H])[C@@H](CCc1ccccc1)C(=O)OCC. The Morgan fingerprint density at radius 3 is 2.37 bits per heavy atom. The van der Waals surface area contributed by atoms with E-state index in [4.69, 9.17) is 21.8 Å². The van der Waals surface area contributed by atoms with Crippen molar-refractivity contribution < 1.29 is 50.9 Å². The largest absolute Gasteiger partial charge is 0.480 e. The van der Waals surface area contributed by atoms with E-state index in [1.54, 1.807) is 31.2 Å². The third kappa shape index (κ3) is 10.8. The molecule has 2 rings (SSSR count). The zero-order valence-electron chi connectivity index (χ0n) is 24.1. The first kappa shape index (κ1) is 21.8. The minimum atomic E-state index is -2.94. The number of aliphatic carboxylic acids is 3. The van der Waals surface area contributed by atoms with Crippen LogP contribution in [-0.2, 0) is 35.1 Å². The number of likely N-dealkylation sites (tertiary alicyclic amines) is 1. The van der Waals surface area contributed by atoms with Crippen molar-refractivity contribution in [3.63, 3.8) is 0 Å². The predicted octanol–water partition coefficient (Wildman–Crippen LogP) is 1.32. The molecule has 3 atom stereocenters. The molecule has 0 radical (unpaired) electrons. The van der Waals surface area contributed by atoms with Gasteiger partial charge in [-0.05, 0) is 45.0 Å². The number of hydrogen-bond acceptors (Lipinski definition) is 7. The number of carboxylic acids is 3. The molecule has 11 heteroatoms. The highest BCUT2D eigenvalue weighted by atomic mass is 16.5. The Morgan fingerprint density at radius 2 is 1.86 bits per heavy atom. The third-order valence-corrected chi connectivity index (χ3v) is 4.60. The zero-order chi connectivity index (χ0) is 30.7. The van der Waals surface area contributed by atoms with Gasteiger partial charge in [0.05, 0.1) is 15.4 Å². The molecule has 0 aromatic heterocycles. The van der Waals surface area contributed by atoms with Crippen molar-refractivity contribution in [3.8, 4) is 0 Å². The quantitative estimate of drug-likeness (QED) is 0.258. The number of carbonyl (C=O) groups excluding carboxylic acids is 2. The van der Waals surface area contributed by atoms with Gasteiger partial charge in [-0.25, -0.2) is 14.4 Å². The molecule has 1 aromatic rings. The van der Waals surface area contributed by atoms with Crippen molar-refractivity contribution >= 4 is 29.8 Å².